The van der Waals surface area contributed by atoms with Crippen molar-refractivity contribution in [1.29, 1.82) is 0 Å². The van der Waals surface area contributed by atoms with E-state index < -0.39 is 6.10 Å². The number of hydrogen-bond acceptors (Lipinski definition) is 6. The SMILES string of the molecule is COc1ccc(CCNC(=O)C(C)Oc2ccccc2C(=O)NCCOc2ccccc2)cc1OC. The van der Waals surface area contributed by atoms with Gasteiger partial charge in [-0.25, -0.2) is 0 Å². The number of ether oxygens (including phenoxy) is 4. The van der Waals surface area contributed by atoms with Crippen LogP contribution in [0, 0.1) is 0 Å². The zero-order valence-electron chi connectivity index (χ0n) is 20.8. The topological polar surface area (TPSA) is 95.1 Å². The minimum absolute atomic E-state index is 0.276. The van der Waals surface area contributed by atoms with E-state index in [0.29, 0.717) is 48.9 Å². The van der Waals surface area contributed by atoms with E-state index in [0.717, 1.165) is 11.3 Å². The maximum Gasteiger partial charge on any atom is 0.260 e. The van der Waals surface area contributed by atoms with Crippen LogP contribution in [0.3, 0.4) is 0 Å². The highest BCUT2D eigenvalue weighted by atomic mass is 16.5. The van der Waals surface area contributed by atoms with Crippen LogP contribution in [0.5, 0.6) is 23.0 Å². The van der Waals surface area contributed by atoms with Crippen LogP contribution in [-0.2, 0) is 11.2 Å². The van der Waals surface area contributed by atoms with Gasteiger partial charge in [0.05, 0.1) is 26.3 Å². The monoisotopic (exact) mass is 492 g/mol. The molecule has 3 rings (SSSR count). The highest BCUT2D eigenvalue weighted by molar-refractivity contribution is 5.97. The Kier molecular flexibility index (Phi) is 10.00. The van der Waals surface area contributed by atoms with E-state index in [9.17, 15) is 9.59 Å². The minimum atomic E-state index is -0.786. The molecule has 0 aliphatic rings. The molecule has 0 aliphatic heterocycles. The van der Waals surface area contributed by atoms with Crippen LogP contribution in [0.2, 0.25) is 0 Å². The minimum Gasteiger partial charge on any atom is -0.493 e. The summed E-state index contributed by atoms with van der Waals surface area (Å²) in [4.78, 5) is 25.3. The molecule has 190 valence electrons. The van der Waals surface area contributed by atoms with E-state index in [4.69, 9.17) is 18.9 Å². The molecule has 0 saturated carbocycles. The Hall–Kier alpha value is -4.20. The first-order valence-electron chi connectivity index (χ1n) is 11.7. The van der Waals surface area contributed by atoms with Gasteiger partial charge < -0.3 is 29.6 Å². The normalized spacial score (nSPS) is 11.2. The van der Waals surface area contributed by atoms with Gasteiger partial charge in [-0.15, -0.1) is 0 Å². The summed E-state index contributed by atoms with van der Waals surface area (Å²) < 4.78 is 22.0. The Morgan fingerprint density at radius 1 is 0.806 bits per heavy atom. The lowest BCUT2D eigenvalue weighted by molar-refractivity contribution is -0.127. The summed E-state index contributed by atoms with van der Waals surface area (Å²) >= 11 is 0. The van der Waals surface area contributed by atoms with E-state index in [1.807, 2.05) is 48.5 Å². The Balaban J connectivity index is 1.47. The van der Waals surface area contributed by atoms with Crippen molar-refractivity contribution in [3.8, 4) is 23.0 Å². The van der Waals surface area contributed by atoms with Crippen molar-refractivity contribution in [2.24, 2.45) is 0 Å². The van der Waals surface area contributed by atoms with E-state index >= 15 is 0 Å². The average Bonchev–Trinajstić information content (AvgIpc) is 2.91. The third-order valence-electron chi connectivity index (χ3n) is 5.37. The number of carbonyl (C=O) groups excluding carboxylic acids is 2. The molecule has 0 saturated heterocycles. The number of rotatable bonds is 13. The second kappa shape index (κ2) is 13.6. The zero-order valence-corrected chi connectivity index (χ0v) is 20.8. The standard InChI is InChI=1S/C28H32N2O6/c1-20(27(31)29-16-15-21-13-14-25(33-2)26(19-21)34-3)36-24-12-8-7-11-23(24)28(32)30-17-18-35-22-9-5-4-6-10-22/h4-14,19-20H,15-18H2,1-3H3,(H,29,31)(H,30,32). The van der Waals surface area contributed by atoms with Crippen molar-refractivity contribution in [3.05, 3.63) is 83.9 Å². The van der Waals surface area contributed by atoms with Crippen molar-refractivity contribution in [1.82, 2.24) is 10.6 Å². The van der Waals surface area contributed by atoms with E-state index in [-0.39, 0.29) is 11.8 Å². The van der Waals surface area contributed by atoms with E-state index in [2.05, 4.69) is 10.6 Å². The first-order valence-corrected chi connectivity index (χ1v) is 11.7. The first-order chi connectivity index (χ1) is 17.5. The molecule has 2 amide bonds. The molecule has 3 aromatic rings. The van der Waals surface area contributed by atoms with Gasteiger partial charge in [-0.2, -0.15) is 0 Å². The Morgan fingerprint density at radius 2 is 1.53 bits per heavy atom. The van der Waals surface area contributed by atoms with Gasteiger partial charge >= 0.3 is 0 Å². The van der Waals surface area contributed by atoms with Crippen molar-refractivity contribution in [3.63, 3.8) is 0 Å². The molecule has 3 aromatic carbocycles. The fourth-order valence-electron chi connectivity index (χ4n) is 3.46. The van der Waals surface area contributed by atoms with Gasteiger partial charge in [-0.05, 0) is 55.3 Å². The van der Waals surface area contributed by atoms with Gasteiger partial charge in [0.2, 0.25) is 0 Å². The molecule has 0 aliphatic carbocycles. The number of para-hydroxylation sites is 2. The van der Waals surface area contributed by atoms with Gasteiger partial charge in [-0.1, -0.05) is 36.4 Å². The summed E-state index contributed by atoms with van der Waals surface area (Å²) in [6, 6.07) is 21.8. The highest BCUT2D eigenvalue weighted by Crippen LogP contribution is 2.27. The summed E-state index contributed by atoms with van der Waals surface area (Å²) in [5, 5.41) is 5.69. The van der Waals surface area contributed by atoms with Crippen molar-refractivity contribution in [2.45, 2.75) is 19.4 Å². The van der Waals surface area contributed by atoms with E-state index in [1.54, 1.807) is 45.4 Å². The highest BCUT2D eigenvalue weighted by Gasteiger charge is 2.18. The molecule has 1 unspecified atom stereocenters. The summed E-state index contributed by atoms with van der Waals surface area (Å²) in [5.41, 5.74) is 1.35. The lowest BCUT2D eigenvalue weighted by Crippen LogP contribution is -2.38. The number of methoxy groups -OCH3 is 2. The summed E-state index contributed by atoms with van der Waals surface area (Å²) in [6.07, 6.45) is -0.172. The molecule has 1 atom stereocenters. The molecule has 8 heteroatoms. The molecule has 0 bridgehead atoms. The molecule has 0 spiro atoms. The van der Waals surface area contributed by atoms with Gasteiger partial charge in [-0.3, -0.25) is 9.59 Å². The first kappa shape index (κ1) is 26.4. The molecule has 0 heterocycles. The molecule has 36 heavy (non-hydrogen) atoms. The lowest BCUT2D eigenvalue weighted by Gasteiger charge is -2.17. The smallest absolute Gasteiger partial charge is 0.260 e. The molecule has 8 nitrogen and oxygen atoms in total. The predicted molar refractivity (Wildman–Crippen MR) is 137 cm³/mol. The van der Waals surface area contributed by atoms with Crippen LogP contribution in [0.1, 0.15) is 22.8 Å². The largest absolute Gasteiger partial charge is 0.493 e. The van der Waals surface area contributed by atoms with Gasteiger partial charge in [0.25, 0.3) is 11.8 Å². The lowest BCUT2D eigenvalue weighted by atomic mass is 10.1. The molecule has 0 aromatic heterocycles. The second-order valence-corrected chi connectivity index (χ2v) is 7.90. The van der Waals surface area contributed by atoms with Gasteiger partial charge in [0, 0.05) is 6.54 Å². The van der Waals surface area contributed by atoms with Crippen molar-refractivity contribution >= 4 is 11.8 Å². The number of benzene rings is 3. The predicted octanol–water partition coefficient (Wildman–Crippen LogP) is 3.64. The van der Waals surface area contributed by atoms with Crippen LogP contribution in [0.25, 0.3) is 0 Å². The third-order valence-corrected chi connectivity index (χ3v) is 5.37. The van der Waals surface area contributed by atoms with Crippen molar-refractivity contribution in [2.75, 3.05) is 33.9 Å². The summed E-state index contributed by atoms with van der Waals surface area (Å²) in [5.74, 6) is 1.78. The number of hydrogen-bond donors (Lipinski definition) is 2. The second-order valence-electron chi connectivity index (χ2n) is 7.90. The molecule has 0 fully saturated rings. The summed E-state index contributed by atoms with van der Waals surface area (Å²) in [7, 11) is 3.17. The Bertz CT molecular complexity index is 1140. The van der Waals surface area contributed by atoms with Crippen LogP contribution in [0.15, 0.2) is 72.8 Å². The van der Waals surface area contributed by atoms with Crippen LogP contribution >= 0.6 is 0 Å². The molecule has 0 radical (unpaired) electrons. The Labute approximate surface area is 211 Å². The quantitative estimate of drug-likeness (QED) is 0.354. The maximum atomic E-state index is 12.7. The number of carbonyl (C=O) groups is 2. The van der Waals surface area contributed by atoms with Crippen LogP contribution in [-0.4, -0.2) is 51.8 Å². The fourth-order valence-corrected chi connectivity index (χ4v) is 3.46. The van der Waals surface area contributed by atoms with Crippen molar-refractivity contribution < 1.29 is 28.5 Å². The van der Waals surface area contributed by atoms with Gasteiger partial charge in [0.1, 0.15) is 18.1 Å². The Morgan fingerprint density at radius 3 is 2.28 bits per heavy atom. The zero-order chi connectivity index (χ0) is 25.8. The number of nitrogens with one attached hydrogen (secondary N) is 2. The van der Waals surface area contributed by atoms with E-state index in [1.165, 1.54) is 0 Å². The van der Waals surface area contributed by atoms with Gasteiger partial charge in [0.15, 0.2) is 17.6 Å². The fraction of sp³-hybridized carbons (Fsp3) is 0.286. The molecular formula is C28H32N2O6. The maximum absolute atomic E-state index is 12.7. The third kappa shape index (κ3) is 7.66. The van der Waals surface area contributed by atoms with Crippen LogP contribution < -0.4 is 29.6 Å². The average molecular weight is 493 g/mol. The molecular weight excluding hydrogens is 460 g/mol. The number of amides is 2. The molecule has 2 N–H and O–H groups in total. The van der Waals surface area contributed by atoms with Crippen LogP contribution in [0.4, 0.5) is 0 Å². The summed E-state index contributed by atoms with van der Waals surface area (Å²) in [6.45, 7) is 2.73.